The highest BCUT2D eigenvalue weighted by Gasteiger charge is 2.27. The second-order valence-corrected chi connectivity index (χ2v) is 7.68. The highest BCUT2D eigenvalue weighted by molar-refractivity contribution is 7.98. The van der Waals surface area contributed by atoms with Gasteiger partial charge in [-0.25, -0.2) is 0 Å². The molecule has 1 saturated heterocycles. The molecular formula is C18H26ClN3O2S. The molecule has 2 amide bonds. The summed E-state index contributed by atoms with van der Waals surface area (Å²) in [6.07, 6.45) is 4.56. The average molecular weight is 384 g/mol. The maximum Gasteiger partial charge on any atom is 0.253 e. The number of carbonyl (C=O) groups is 2. The first-order valence-electron chi connectivity index (χ1n) is 8.61. The number of benzene rings is 1. The molecule has 3 N–H and O–H groups in total. The van der Waals surface area contributed by atoms with Gasteiger partial charge in [0.2, 0.25) is 5.91 Å². The molecule has 0 saturated carbocycles. The molecule has 1 aromatic carbocycles. The molecule has 138 valence electrons. The fourth-order valence-corrected chi connectivity index (χ4v) is 3.60. The van der Waals surface area contributed by atoms with E-state index in [-0.39, 0.29) is 23.9 Å². The first-order valence-corrected chi connectivity index (χ1v) is 10.4. The molecule has 0 radical (unpaired) electrons. The summed E-state index contributed by atoms with van der Waals surface area (Å²) in [7, 11) is 0. The fourth-order valence-electron chi connectivity index (χ4n) is 2.91. The van der Waals surface area contributed by atoms with Crippen LogP contribution in [0.15, 0.2) is 24.3 Å². The second-order valence-electron chi connectivity index (χ2n) is 6.29. The van der Waals surface area contributed by atoms with E-state index < -0.39 is 6.04 Å². The molecule has 0 bridgehead atoms. The van der Waals surface area contributed by atoms with Crippen molar-refractivity contribution in [2.75, 3.05) is 18.6 Å². The second kappa shape index (κ2) is 10.0. The van der Waals surface area contributed by atoms with E-state index in [0.717, 1.165) is 25.1 Å². The van der Waals surface area contributed by atoms with Crippen molar-refractivity contribution in [3.63, 3.8) is 0 Å². The van der Waals surface area contributed by atoms with Crippen LogP contribution in [0, 0.1) is 0 Å². The van der Waals surface area contributed by atoms with Crippen molar-refractivity contribution in [1.82, 2.24) is 16.0 Å². The van der Waals surface area contributed by atoms with E-state index >= 15 is 0 Å². The maximum absolute atomic E-state index is 12.7. The van der Waals surface area contributed by atoms with E-state index in [1.54, 1.807) is 36.0 Å². The zero-order valence-electron chi connectivity index (χ0n) is 14.7. The Morgan fingerprint density at radius 2 is 2.16 bits per heavy atom. The van der Waals surface area contributed by atoms with Gasteiger partial charge in [0, 0.05) is 12.1 Å². The fraction of sp³-hybridized carbons (Fsp3) is 0.556. The van der Waals surface area contributed by atoms with Crippen LogP contribution in [0.3, 0.4) is 0 Å². The van der Waals surface area contributed by atoms with Crippen LogP contribution in [0.5, 0.6) is 0 Å². The van der Waals surface area contributed by atoms with E-state index in [4.69, 9.17) is 11.6 Å². The molecule has 5 nitrogen and oxygen atoms in total. The van der Waals surface area contributed by atoms with Crippen LogP contribution < -0.4 is 16.0 Å². The number of amides is 2. The summed E-state index contributed by atoms with van der Waals surface area (Å²) in [5.74, 6) is 0.344. The van der Waals surface area contributed by atoms with Crippen LogP contribution in [0.2, 0.25) is 5.02 Å². The van der Waals surface area contributed by atoms with Crippen molar-refractivity contribution in [2.45, 2.75) is 44.3 Å². The van der Waals surface area contributed by atoms with Crippen molar-refractivity contribution in [3.05, 3.63) is 34.9 Å². The van der Waals surface area contributed by atoms with Gasteiger partial charge in [0.15, 0.2) is 0 Å². The summed E-state index contributed by atoms with van der Waals surface area (Å²) >= 11 is 7.74. The lowest BCUT2D eigenvalue weighted by atomic mass is 9.99. The number of hydrogen-bond donors (Lipinski definition) is 3. The van der Waals surface area contributed by atoms with Gasteiger partial charge >= 0.3 is 0 Å². The molecule has 0 spiro atoms. The van der Waals surface area contributed by atoms with Gasteiger partial charge in [-0.1, -0.05) is 23.7 Å². The summed E-state index contributed by atoms with van der Waals surface area (Å²) in [5.41, 5.74) is 0.388. The predicted octanol–water partition coefficient (Wildman–Crippen LogP) is 2.45. The van der Waals surface area contributed by atoms with E-state index in [0.29, 0.717) is 17.0 Å². The van der Waals surface area contributed by atoms with Crippen LogP contribution >= 0.6 is 23.4 Å². The van der Waals surface area contributed by atoms with Crippen molar-refractivity contribution >= 4 is 35.2 Å². The zero-order chi connectivity index (χ0) is 18.2. The Hall–Kier alpha value is -1.24. The molecule has 3 unspecified atom stereocenters. The SMILES string of the molecule is CSCCC(NC(=O)c1ccccc1Cl)C(=O)NC1CCCNC1C. The monoisotopic (exact) mass is 383 g/mol. The van der Waals surface area contributed by atoms with Gasteiger partial charge < -0.3 is 16.0 Å². The molecule has 2 rings (SSSR count). The number of hydrogen-bond acceptors (Lipinski definition) is 4. The summed E-state index contributed by atoms with van der Waals surface area (Å²) in [6, 6.07) is 6.62. The Morgan fingerprint density at radius 3 is 2.84 bits per heavy atom. The minimum atomic E-state index is -0.564. The van der Waals surface area contributed by atoms with Crippen molar-refractivity contribution in [1.29, 1.82) is 0 Å². The lowest BCUT2D eigenvalue weighted by Gasteiger charge is -2.32. The topological polar surface area (TPSA) is 70.2 Å². The Bertz CT molecular complexity index is 599. The minimum absolute atomic E-state index is 0.0928. The highest BCUT2D eigenvalue weighted by Crippen LogP contribution is 2.15. The Morgan fingerprint density at radius 1 is 1.40 bits per heavy atom. The molecule has 1 aliphatic heterocycles. The molecule has 1 fully saturated rings. The van der Waals surface area contributed by atoms with E-state index in [9.17, 15) is 9.59 Å². The first kappa shape index (κ1) is 20.1. The number of halogens is 1. The van der Waals surface area contributed by atoms with Gasteiger partial charge in [-0.2, -0.15) is 11.8 Å². The summed E-state index contributed by atoms with van der Waals surface area (Å²) < 4.78 is 0. The Balaban J connectivity index is 2.03. The molecule has 1 aliphatic rings. The highest BCUT2D eigenvalue weighted by atomic mass is 35.5. The summed E-state index contributed by atoms with van der Waals surface area (Å²) in [6.45, 7) is 3.05. The number of piperidine rings is 1. The largest absolute Gasteiger partial charge is 0.350 e. The van der Waals surface area contributed by atoms with E-state index in [1.807, 2.05) is 6.26 Å². The molecule has 1 aromatic rings. The Labute approximate surface area is 158 Å². The predicted molar refractivity (Wildman–Crippen MR) is 104 cm³/mol. The van der Waals surface area contributed by atoms with Crippen LogP contribution in [0.25, 0.3) is 0 Å². The Kier molecular flexibility index (Phi) is 8.06. The van der Waals surface area contributed by atoms with Gasteiger partial charge in [-0.05, 0) is 56.9 Å². The average Bonchev–Trinajstić information content (AvgIpc) is 2.60. The summed E-state index contributed by atoms with van der Waals surface area (Å²) in [4.78, 5) is 25.2. The van der Waals surface area contributed by atoms with Crippen LogP contribution in [0.4, 0.5) is 0 Å². The minimum Gasteiger partial charge on any atom is -0.350 e. The number of carbonyl (C=O) groups excluding carboxylic acids is 2. The van der Waals surface area contributed by atoms with Crippen LogP contribution in [0.1, 0.15) is 36.5 Å². The molecule has 7 heteroatoms. The van der Waals surface area contributed by atoms with Crippen molar-refractivity contribution < 1.29 is 9.59 Å². The molecule has 1 heterocycles. The van der Waals surface area contributed by atoms with Gasteiger partial charge in [0.25, 0.3) is 5.91 Å². The van der Waals surface area contributed by atoms with E-state index in [2.05, 4.69) is 22.9 Å². The number of thioether (sulfide) groups is 1. The third-order valence-electron chi connectivity index (χ3n) is 4.44. The molecule has 0 aliphatic carbocycles. The molecular weight excluding hydrogens is 358 g/mol. The summed E-state index contributed by atoms with van der Waals surface area (Å²) in [5, 5.41) is 9.69. The van der Waals surface area contributed by atoms with Crippen molar-refractivity contribution in [2.24, 2.45) is 0 Å². The van der Waals surface area contributed by atoms with Crippen molar-refractivity contribution in [3.8, 4) is 0 Å². The lowest BCUT2D eigenvalue weighted by molar-refractivity contribution is -0.124. The van der Waals surface area contributed by atoms with Crippen LogP contribution in [-0.2, 0) is 4.79 Å². The van der Waals surface area contributed by atoms with Crippen LogP contribution in [-0.4, -0.2) is 48.5 Å². The standard InChI is InChI=1S/C18H26ClN3O2S/c1-12-15(8-5-10-20-12)21-18(24)16(9-11-25-2)22-17(23)13-6-3-4-7-14(13)19/h3-4,6-7,12,15-16,20H,5,8-11H2,1-2H3,(H,21,24)(H,22,23). The van der Waals surface area contributed by atoms with Gasteiger partial charge in [0.1, 0.15) is 6.04 Å². The number of rotatable bonds is 7. The lowest BCUT2D eigenvalue weighted by Crippen LogP contribution is -2.56. The molecule has 3 atom stereocenters. The quantitative estimate of drug-likeness (QED) is 0.676. The van der Waals surface area contributed by atoms with E-state index in [1.165, 1.54) is 0 Å². The number of nitrogens with one attached hydrogen (secondary N) is 3. The normalized spacial score (nSPS) is 21.4. The third-order valence-corrected chi connectivity index (χ3v) is 5.41. The first-order chi connectivity index (χ1) is 12.0. The smallest absolute Gasteiger partial charge is 0.253 e. The zero-order valence-corrected chi connectivity index (χ0v) is 16.3. The maximum atomic E-state index is 12.7. The van der Waals surface area contributed by atoms with Gasteiger partial charge in [-0.15, -0.1) is 0 Å². The van der Waals surface area contributed by atoms with Gasteiger partial charge in [-0.3, -0.25) is 9.59 Å². The third kappa shape index (κ3) is 5.90. The molecule has 0 aromatic heterocycles. The molecule has 25 heavy (non-hydrogen) atoms. The van der Waals surface area contributed by atoms with Gasteiger partial charge in [0.05, 0.1) is 10.6 Å².